The second kappa shape index (κ2) is 8.10. The second-order valence-electron chi connectivity index (χ2n) is 6.01. The number of nitrogens with zero attached hydrogens (tertiary/aromatic N) is 2. The van der Waals surface area contributed by atoms with E-state index in [9.17, 15) is 9.00 Å². The van der Waals surface area contributed by atoms with Gasteiger partial charge in [0.05, 0.1) is 5.56 Å². The number of carbonyl (C=O) groups excluding carboxylic acids is 1. The van der Waals surface area contributed by atoms with E-state index in [1.54, 1.807) is 18.3 Å². The summed E-state index contributed by atoms with van der Waals surface area (Å²) in [5.41, 5.74) is 1.26. The Bertz CT molecular complexity index is 782. The Hall–Kier alpha value is -1.73. The summed E-state index contributed by atoms with van der Waals surface area (Å²) in [5.74, 6) is 1.07. The highest BCUT2D eigenvalue weighted by atomic mass is 79.9. The van der Waals surface area contributed by atoms with Crippen LogP contribution in [0.2, 0.25) is 0 Å². The quantitative estimate of drug-likeness (QED) is 0.823. The molecular weight excluding hydrogens is 402 g/mol. The maximum Gasteiger partial charge on any atom is 0.259 e. The Morgan fingerprint density at radius 2 is 2.04 bits per heavy atom. The molecule has 1 aromatic heterocycles. The van der Waals surface area contributed by atoms with Crippen LogP contribution in [0, 0.1) is 0 Å². The molecule has 1 aliphatic rings. The molecule has 2 heterocycles. The van der Waals surface area contributed by atoms with Crippen molar-refractivity contribution in [1.29, 1.82) is 0 Å². The Morgan fingerprint density at radius 3 is 2.80 bits per heavy atom. The summed E-state index contributed by atoms with van der Waals surface area (Å²) in [4.78, 5) is 19.2. The second-order valence-corrected chi connectivity index (χ2v) is 8.90. The van der Waals surface area contributed by atoms with E-state index >= 15 is 0 Å². The minimum absolute atomic E-state index is 0.175. The first-order valence-electron chi connectivity index (χ1n) is 8.18. The van der Waals surface area contributed by atoms with Gasteiger partial charge in [0.25, 0.3) is 5.91 Å². The van der Waals surface area contributed by atoms with Crippen LogP contribution in [0.4, 0.5) is 11.5 Å². The summed E-state index contributed by atoms with van der Waals surface area (Å²) in [6.45, 7) is 3.41. The molecule has 0 bridgehead atoms. The van der Waals surface area contributed by atoms with Gasteiger partial charge >= 0.3 is 0 Å². The van der Waals surface area contributed by atoms with E-state index in [-0.39, 0.29) is 11.2 Å². The van der Waals surface area contributed by atoms with E-state index in [4.69, 9.17) is 0 Å². The number of pyridine rings is 1. The highest BCUT2D eigenvalue weighted by molar-refractivity contribution is 9.10. The van der Waals surface area contributed by atoms with Crippen LogP contribution in [0.5, 0.6) is 0 Å². The van der Waals surface area contributed by atoms with Crippen molar-refractivity contribution in [3.8, 4) is 0 Å². The number of benzene rings is 1. The largest absolute Gasteiger partial charge is 0.355 e. The molecule has 1 aromatic carbocycles. The lowest BCUT2D eigenvalue weighted by molar-refractivity contribution is 0.102. The van der Waals surface area contributed by atoms with Gasteiger partial charge in [-0.2, -0.15) is 0 Å². The van der Waals surface area contributed by atoms with Gasteiger partial charge in [-0.25, -0.2) is 4.98 Å². The summed E-state index contributed by atoms with van der Waals surface area (Å²) in [6.07, 6.45) is 2.52. The van der Waals surface area contributed by atoms with Crippen LogP contribution < -0.4 is 10.2 Å². The van der Waals surface area contributed by atoms with Crippen LogP contribution in [0.1, 0.15) is 23.7 Å². The first-order valence-corrected chi connectivity index (χ1v) is 10.4. The molecule has 0 unspecified atom stereocenters. The Morgan fingerprint density at radius 1 is 1.28 bits per heavy atom. The molecule has 1 amide bonds. The van der Waals surface area contributed by atoms with Crippen molar-refractivity contribution in [3.05, 3.63) is 52.6 Å². The van der Waals surface area contributed by atoms with Gasteiger partial charge in [-0.1, -0.05) is 22.9 Å². The minimum atomic E-state index is -0.822. The molecule has 0 aliphatic carbocycles. The summed E-state index contributed by atoms with van der Waals surface area (Å²) in [5, 5.41) is 3.09. The molecule has 0 saturated carbocycles. The Labute approximate surface area is 158 Å². The molecular formula is C18H20BrN3O2S. The van der Waals surface area contributed by atoms with Gasteiger partial charge in [-0.3, -0.25) is 9.00 Å². The summed E-state index contributed by atoms with van der Waals surface area (Å²) in [7, 11) is -0.822. The van der Waals surface area contributed by atoms with Gasteiger partial charge in [-0.15, -0.1) is 0 Å². The van der Waals surface area contributed by atoms with E-state index < -0.39 is 10.8 Å². The zero-order valence-electron chi connectivity index (χ0n) is 13.9. The molecule has 0 spiro atoms. The molecule has 1 N–H and O–H groups in total. The third-order valence-corrected chi connectivity index (χ3v) is 6.50. The molecule has 5 nitrogen and oxygen atoms in total. The lowest BCUT2D eigenvalue weighted by Crippen LogP contribution is -2.29. The number of aromatic nitrogens is 1. The molecule has 1 aliphatic heterocycles. The number of halogens is 1. The first kappa shape index (κ1) is 18.1. The average molecular weight is 422 g/mol. The Balaban J connectivity index is 1.81. The van der Waals surface area contributed by atoms with Crippen LogP contribution in [0.25, 0.3) is 0 Å². The molecule has 7 heteroatoms. The van der Waals surface area contributed by atoms with E-state index in [1.807, 2.05) is 31.2 Å². The van der Waals surface area contributed by atoms with Crippen molar-refractivity contribution in [1.82, 2.24) is 4.98 Å². The zero-order valence-corrected chi connectivity index (χ0v) is 16.3. The number of amides is 1. The molecule has 1 fully saturated rings. The highest BCUT2D eigenvalue weighted by Gasteiger charge is 2.23. The van der Waals surface area contributed by atoms with Gasteiger partial charge in [0.1, 0.15) is 5.82 Å². The molecule has 2 aromatic rings. The maximum absolute atomic E-state index is 12.7. The van der Waals surface area contributed by atoms with Crippen molar-refractivity contribution < 1.29 is 9.00 Å². The van der Waals surface area contributed by atoms with Gasteiger partial charge in [0.15, 0.2) is 0 Å². The number of anilines is 2. The van der Waals surface area contributed by atoms with Crippen LogP contribution in [-0.4, -0.2) is 39.2 Å². The van der Waals surface area contributed by atoms with Gasteiger partial charge in [0.2, 0.25) is 0 Å². The fourth-order valence-electron chi connectivity index (χ4n) is 2.75. The molecule has 1 saturated heterocycles. The van der Waals surface area contributed by atoms with Crippen molar-refractivity contribution in [2.75, 3.05) is 29.1 Å². The molecule has 2 atom stereocenters. The van der Waals surface area contributed by atoms with Gasteiger partial charge in [0, 0.05) is 51.2 Å². The lowest BCUT2D eigenvalue weighted by Gasteiger charge is -2.23. The molecule has 0 radical (unpaired) electrons. The van der Waals surface area contributed by atoms with Gasteiger partial charge in [-0.05, 0) is 42.8 Å². The Kier molecular flexibility index (Phi) is 5.86. The maximum atomic E-state index is 12.7. The van der Waals surface area contributed by atoms with Crippen LogP contribution in [-0.2, 0) is 10.8 Å². The lowest BCUT2D eigenvalue weighted by atomic mass is 10.2. The SMILES string of the molecule is C[C@@H]1CCN(c2ncccc2C(=O)Nc2ccc(Br)cc2)CC[S@]1=O. The predicted molar refractivity (Wildman–Crippen MR) is 106 cm³/mol. The smallest absolute Gasteiger partial charge is 0.259 e. The number of hydrogen-bond acceptors (Lipinski definition) is 4. The number of hydrogen-bond donors (Lipinski definition) is 1. The molecule has 3 rings (SSSR count). The summed E-state index contributed by atoms with van der Waals surface area (Å²) < 4.78 is 13.0. The summed E-state index contributed by atoms with van der Waals surface area (Å²) in [6, 6.07) is 11.0. The number of nitrogens with one attached hydrogen (secondary N) is 1. The van der Waals surface area contributed by atoms with Crippen molar-refractivity contribution in [3.63, 3.8) is 0 Å². The highest BCUT2D eigenvalue weighted by Crippen LogP contribution is 2.22. The van der Waals surface area contributed by atoms with Crippen molar-refractivity contribution in [2.24, 2.45) is 0 Å². The predicted octanol–water partition coefficient (Wildman–Crippen LogP) is 3.44. The van der Waals surface area contributed by atoms with Crippen LogP contribution in [0.3, 0.4) is 0 Å². The monoisotopic (exact) mass is 421 g/mol. The standard InChI is InChI=1S/C18H20BrN3O2S/c1-13-8-10-22(11-12-25(13)24)17-16(3-2-9-20-17)18(23)21-15-6-4-14(19)5-7-15/h2-7,9,13H,8,10-12H2,1H3,(H,21,23)/t13-,25-/m1/s1. The van der Waals surface area contributed by atoms with Crippen molar-refractivity contribution >= 4 is 44.1 Å². The topological polar surface area (TPSA) is 62.3 Å². The van der Waals surface area contributed by atoms with Crippen LogP contribution in [0.15, 0.2) is 47.1 Å². The van der Waals surface area contributed by atoms with E-state index in [2.05, 4.69) is 31.1 Å². The van der Waals surface area contributed by atoms with Gasteiger partial charge < -0.3 is 10.2 Å². The zero-order chi connectivity index (χ0) is 17.8. The minimum Gasteiger partial charge on any atom is -0.355 e. The fourth-order valence-corrected chi connectivity index (χ4v) is 4.19. The van der Waals surface area contributed by atoms with E-state index in [0.29, 0.717) is 23.7 Å². The van der Waals surface area contributed by atoms with Crippen LogP contribution >= 0.6 is 15.9 Å². The van der Waals surface area contributed by atoms with E-state index in [1.165, 1.54) is 0 Å². The first-order chi connectivity index (χ1) is 12.0. The third kappa shape index (κ3) is 4.46. The summed E-state index contributed by atoms with van der Waals surface area (Å²) >= 11 is 3.38. The third-order valence-electron chi connectivity index (χ3n) is 4.25. The molecule has 132 valence electrons. The van der Waals surface area contributed by atoms with E-state index in [0.717, 1.165) is 23.1 Å². The number of rotatable bonds is 3. The average Bonchev–Trinajstić information content (AvgIpc) is 2.79. The molecule has 25 heavy (non-hydrogen) atoms. The fraction of sp³-hybridized carbons (Fsp3) is 0.333. The number of carbonyl (C=O) groups is 1. The normalized spacial score (nSPS) is 20.8. The van der Waals surface area contributed by atoms with Crippen molar-refractivity contribution in [2.45, 2.75) is 18.6 Å².